The molecule has 0 spiro atoms. The lowest BCUT2D eigenvalue weighted by Gasteiger charge is -2.33. The number of para-hydroxylation sites is 1. The van der Waals surface area contributed by atoms with Crippen molar-refractivity contribution >= 4 is 34.5 Å². The van der Waals surface area contributed by atoms with Crippen LogP contribution in [0.3, 0.4) is 0 Å². The molecule has 1 aromatic rings. The monoisotopic (exact) mass is 340 g/mol. The topological polar surface area (TPSA) is 32.8 Å². The van der Waals surface area contributed by atoms with Gasteiger partial charge in [-0.15, -0.1) is 5.92 Å². The Labute approximate surface area is 137 Å². The third-order valence-electron chi connectivity index (χ3n) is 3.54. The highest BCUT2D eigenvalue weighted by Crippen LogP contribution is 2.56. The first-order valence-electron chi connectivity index (χ1n) is 6.87. The number of hydrogen-bond acceptors (Lipinski definition) is 4. The predicted molar refractivity (Wildman–Crippen MR) is 84.4 cm³/mol. The van der Waals surface area contributed by atoms with Crippen LogP contribution in [-0.4, -0.2) is 21.4 Å². The van der Waals surface area contributed by atoms with Crippen LogP contribution in [0.4, 0.5) is 14.9 Å². The zero-order chi connectivity index (χ0) is 15.7. The maximum atomic E-state index is 14.0. The first-order valence-corrected chi connectivity index (χ1v) is 8.02. The van der Waals surface area contributed by atoms with E-state index < -0.39 is 10.9 Å². The third kappa shape index (κ3) is 2.59. The molecule has 0 aromatic heterocycles. The SMILES string of the molecule is CC#CCOC1(C2CC2)SC(=O)N(c2ccccc2F)N1Cl. The number of amides is 1. The lowest BCUT2D eigenvalue weighted by molar-refractivity contribution is -0.0433. The molecular weight excluding hydrogens is 327 g/mol. The lowest BCUT2D eigenvalue weighted by Crippen LogP contribution is -2.47. The van der Waals surface area contributed by atoms with E-state index in [2.05, 4.69) is 11.8 Å². The zero-order valence-electron chi connectivity index (χ0n) is 11.9. The Morgan fingerprint density at radius 1 is 1.50 bits per heavy atom. The molecule has 1 heterocycles. The van der Waals surface area contributed by atoms with Crippen LogP contribution in [0.25, 0.3) is 0 Å². The number of hydrogen-bond donors (Lipinski definition) is 0. The molecule has 0 N–H and O–H groups in total. The van der Waals surface area contributed by atoms with Crippen LogP contribution < -0.4 is 5.01 Å². The number of anilines is 1. The van der Waals surface area contributed by atoms with E-state index in [1.165, 1.54) is 16.7 Å². The molecule has 0 radical (unpaired) electrons. The summed E-state index contributed by atoms with van der Waals surface area (Å²) in [5.74, 6) is 5.16. The molecule has 116 valence electrons. The molecule has 0 bridgehead atoms. The first-order chi connectivity index (χ1) is 10.6. The molecule has 1 unspecified atom stereocenters. The Balaban J connectivity index is 1.93. The molecule has 1 aliphatic carbocycles. The summed E-state index contributed by atoms with van der Waals surface area (Å²) in [6.45, 7) is 1.88. The van der Waals surface area contributed by atoms with Gasteiger partial charge in [-0.1, -0.05) is 22.6 Å². The summed E-state index contributed by atoms with van der Waals surface area (Å²) in [5.41, 5.74) is 0.114. The minimum Gasteiger partial charge on any atom is -0.335 e. The average molecular weight is 341 g/mol. The van der Waals surface area contributed by atoms with Crippen LogP contribution >= 0.6 is 23.5 Å². The van der Waals surface area contributed by atoms with Crippen molar-refractivity contribution < 1.29 is 13.9 Å². The maximum Gasteiger partial charge on any atom is 0.306 e. The number of carbonyl (C=O) groups excluding carboxylic acids is 1. The summed E-state index contributed by atoms with van der Waals surface area (Å²) < 4.78 is 21.0. The van der Waals surface area contributed by atoms with Crippen molar-refractivity contribution in [2.24, 2.45) is 5.92 Å². The van der Waals surface area contributed by atoms with E-state index in [0.717, 1.165) is 29.6 Å². The quantitative estimate of drug-likeness (QED) is 0.613. The number of rotatable bonds is 4. The van der Waals surface area contributed by atoms with Gasteiger partial charge in [0.2, 0.25) is 5.06 Å². The standard InChI is InChI=1S/C15H14ClFN2O2S/c1-2-3-10-21-15(11-8-9-11)19(16)18(14(20)22-15)13-7-5-4-6-12(13)17/h4-7,11H,8-10H2,1H3. The van der Waals surface area contributed by atoms with E-state index in [-0.39, 0.29) is 23.5 Å². The molecule has 1 aromatic carbocycles. The van der Waals surface area contributed by atoms with E-state index in [4.69, 9.17) is 16.5 Å². The van der Waals surface area contributed by atoms with Gasteiger partial charge in [-0.25, -0.2) is 9.40 Å². The van der Waals surface area contributed by atoms with Gasteiger partial charge >= 0.3 is 5.24 Å². The summed E-state index contributed by atoms with van der Waals surface area (Å²) in [5, 5.41) is -0.263. The van der Waals surface area contributed by atoms with Crippen LogP contribution in [0.15, 0.2) is 24.3 Å². The van der Waals surface area contributed by atoms with Crippen molar-refractivity contribution in [1.82, 2.24) is 4.53 Å². The van der Waals surface area contributed by atoms with Gasteiger partial charge < -0.3 is 4.74 Å². The second kappa shape index (κ2) is 6.09. The van der Waals surface area contributed by atoms with Crippen molar-refractivity contribution in [2.75, 3.05) is 11.6 Å². The fraction of sp³-hybridized carbons (Fsp3) is 0.400. The molecule has 7 heteroatoms. The van der Waals surface area contributed by atoms with Gasteiger partial charge in [0.25, 0.3) is 0 Å². The van der Waals surface area contributed by atoms with E-state index >= 15 is 0 Å². The highest BCUT2D eigenvalue weighted by atomic mass is 35.5. The van der Waals surface area contributed by atoms with Crippen LogP contribution in [0.5, 0.6) is 0 Å². The van der Waals surface area contributed by atoms with E-state index in [1.54, 1.807) is 19.1 Å². The van der Waals surface area contributed by atoms with Gasteiger partial charge in [0, 0.05) is 17.7 Å². The van der Waals surface area contributed by atoms with Crippen molar-refractivity contribution in [3.63, 3.8) is 0 Å². The number of carbonyl (C=O) groups is 1. The number of thioether (sulfide) groups is 1. The van der Waals surface area contributed by atoms with Gasteiger partial charge in [-0.2, -0.15) is 0 Å². The Morgan fingerprint density at radius 2 is 2.23 bits per heavy atom. The van der Waals surface area contributed by atoms with Gasteiger partial charge in [0.15, 0.2) is 0 Å². The number of hydrazine groups is 1. The van der Waals surface area contributed by atoms with Crippen molar-refractivity contribution in [3.8, 4) is 11.8 Å². The van der Waals surface area contributed by atoms with Gasteiger partial charge in [0.1, 0.15) is 12.4 Å². The largest absolute Gasteiger partial charge is 0.335 e. The van der Waals surface area contributed by atoms with Gasteiger partial charge in [-0.3, -0.25) is 4.79 Å². The highest BCUT2D eigenvalue weighted by molar-refractivity contribution is 8.15. The summed E-state index contributed by atoms with van der Waals surface area (Å²) in [6, 6.07) is 6.02. The summed E-state index contributed by atoms with van der Waals surface area (Å²) in [4.78, 5) is 12.4. The van der Waals surface area contributed by atoms with E-state index in [1.807, 2.05) is 0 Å². The third-order valence-corrected chi connectivity index (χ3v) is 5.31. The van der Waals surface area contributed by atoms with E-state index in [0.29, 0.717) is 0 Å². The van der Waals surface area contributed by atoms with Crippen LogP contribution in [0.1, 0.15) is 19.8 Å². The zero-order valence-corrected chi connectivity index (χ0v) is 13.5. The molecule has 1 saturated carbocycles. The lowest BCUT2D eigenvalue weighted by atomic mass is 10.3. The van der Waals surface area contributed by atoms with Crippen LogP contribution in [0, 0.1) is 23.6 Å². The van der Waals surface area contributed by atoms with Gasteiger partial charge in [0.05, 0.1) is 5.69 Å². The Kier molecular flexibility index (Phi) is 4.33. The average Bonchev–Trinajstić information content (AvgIpc) is 3.30. The summed E-state index contributed by atoms with van der Waals surface area (Å²) >= 11 is 7.37. The molecule has 1 saturated heterocycles. The summed E-state index contributed by atoms with van der Waals surface area (Å²) in [7, 11) is 0. The second-order valence-corrected chi connectivity index (χ2v) is 6.47. The molecule has 3 rings (SSSR count). The fourth-order valence-corrected chi connectivity index (χ4v) is 4.01. The Bertz CT molecular complexity index is 658. The molecule has 1 atom stereocenters. The summed E-state index contributed by atoms with van der Waals surface area (Å²) in [6.07, 6.45) is 1.82. The van der Waals surface area contributed by atoms with E-state index in [9.17, 15) is 9.18 Å². The Hall–Kier alpha value is -1.26. The maximum absolute atomic E-state index is 14.0. The highest BCUT2D eigenvalue weighted by Gasteiger charge is 2.61. The molecule has 4 nitrogen and oxygen atoms in total. The molecule has 22 heavy (non-hydrogen) atoms. The van der Waals surface area contributed by atoms with Crippen molar-refractivity contribution in [2.45, 2.75) is 24.8 Å². The first kappa shape index (κ1) is 15.6. The van der Waals surface area contributed by atoms with Gasteiger partial charge in [-0.05, 0) is 43.7 Å². The number of benzene rings is 1. The molecule has 2 aliphatic rings. The minimum atomic E-state index is -1.02. The van der Waals surface area contributed by atoms with Crippen molar-refractivity contribution in [3.05, 3.63) is 30.1 Å². The number of halogens is 2. The number of nitrogens with zero attached hydrogens (tertiary/aromatic N) is 2. The Morgan fingerprint density at radius 3 is 2.86 bits per heavy atom. The fourth-order valence-electron chi connectivity index (χ4n) is 2.33. The predicted octanol–water partition coefficient (Wildman–Crippen LogP) is 3.97. The molecule has 1 amide bonds. The second-order valence-electron chi connectivity index (χ2n) is 5.01. The minimum absolute atomic E-state index is 0.114. The normalized spacial score (nSPS) is 25.2. The van der Waals surface area contributed by atoms with Crippen LogP contribution in [-0.2, 0) is 4.74 Å². The molecule has 2 fully saturated rings. The molecular formula is C15H14ClFN2O2S. The van der Waals surface area contributed by atoms with Crippen molar-refractivity contribution in [1.29, 1.82) is 0 Å². The van der Waals surface area contributed by atoms with Crippen LogP contribution in [0.2, 0.25) is 0 Å². The molecule has 1 aliphatic heterocycles. The smallest absolute Gasteiger partial charge is 0.306 e. The number of ether oxygens (including phenoxy) is 1.